The third-order valence-corrected chi connectivity index (χ3v) is 3.34. The maximum Gasteiger partial charge on any atom is 0.159 e. The van der Waals surface area contributed by atoms with Gasteiger partial charge in [-0.25, -0.2) is 8.78 Å². The van der Waals surface area contributed by atoms with Crippen LogP contribution in [0.4, 0.5) is 8.78 Å². The summed E-state index contributed by atoms with van der Waals surface area (Å²) >= 11 is 3.57. The van der Waals surface area contributed by atoms with Gasteiger partial charge in [-0.1, -0.05) is 48.2 Å². The van der Waals surface area contributed by atoms with Gasteiger partial charge in [-0.2, -0.15) is 0 Å². The van der Waals surface area contributed by atoms with Gasteiger partial charge < -0.3 is 0 Å². The topological polar surface area (TPSA) is 0 Å². The molecule has 1 unspecified atom stereocenters. The fraction of sp³-hybridized carbons (Fsp3) is 0.538. The van der Waals surface area contributed by atoms with Crippen LogP contribution in [0.25, 0.3) is 0 Å². The standard InChI is InChI=1S/C13H17BrF2/c1-2-3-4-5-11(14)8-10-6-7-12(15)13(16)9-10/h6-7,9,11H,2-5,8H2,1H3. The Morgan fingerprint density at radius 3 is 2.56 bits per heavy atom. The zero-order valence-corrected chi connectivity index (χ0v) is 11.1. The van der Waals surface area contributed by atoms with E-state index in [-0.39, 0.29) is 0 Å². The van der Waals surface area contributed by atoms with Gasteiger partial charge in [0.25, 0.3) is 0 Å². The first kappa shape index (κ1) is 13.6. The van der Waals surface area contributed by atoms with E-state index in [2.05, 4.69) is 22.9 Å². The SMILES string of the molecule is CCCCCC(Br)Cc1ccc(F)c(F)c1. The number of halogens is 3. The van der Waals surface area contributed by atoms with Gasteiger partial charge in [-0.15, -0.1) is 0 Å². The van der Waals surface area contributed by atoms with Crippen LogP contribution in [0.2, 0.25) is 0 Å². The fourth-order valence-corrected chi connectivity index (χ4v) is 2.34. The van der Waals surface area contributed by atoms with Crippen LogP contribution in [0, 0.1) is 11.6 Å². The molecule has 1 aromatic rings. The molecule has 1 aromatic carbocycles. The largest absolute Gasteiger partial charge is 0.204 e. The number of unbranched alkanes of at least 4 members (excludes halogenated alkanes) is 2. The molecule has 3 heteroatoms. The second-order valence-corrected chi connectivity index (χ2v) is 5.34. The molecule has 0 spiro atoms. The summed E-state index contributed by atoms with van der Waals surface area (Å²) in [5.41, 5.74) is 0.845. The third-order valence-electron chi connectivity index (χ3n) is 2.56. The summed E-state index contributed by atoms with van der Waals surface area (Å²) in [6, 6.07) is 4.12. The molecular weight excluding hydrogens is 274 g/mol. The maximum absolute atomic E-state index is 12.9. The Morgan fingerprint density at radius 2 is 1.94 bits per heavy atom. The quantitative estimate of drug-likeness (QED) is 0.519. The maximum atomic E-state index is 12.9. The van der Waals surface area contributed by atoms with Crippen LogP contribution in [-0.4, -0.2) is 4.83 Å². The lowest BCUT2D eigenvalue weighted by Gasteiger charge is -2.09. The van der Waals surface area contributed by atoms with Crippen molar-refractivity contribution in [2.24, 2.45) is 0 Å². The summed E-state index contributed by atoms with van der Waals surface area (Å²) in [7, 11) is 0. The second kappa shape index (κ2) is 7.00. The average molecular weight is 291 g/mol. The molecule has 0 aromatic heterocycles. The van der Waals surface area contributed by atoms with Crippen LogP contribution < -0.4 is 0 Å². The smallest absolute Gasteiger partial charge is 0.159 e. The van der Waals surface area contributed by atoms with Gasteiger partial charge in [-0.3, -0.25) is 0 Å². The molecule has 0 aliphatic heterocycles. The number of hydrogen-bond acceptors (Lipinski definition) is 0. The van der Waals surface area contributed by atoms with E-state index in [1.165, 1.54) is 31.4 Å². The van der Waals surface area contributed by atoms with Gasteiger partial charge in [-0.05, 0) is 30.5 Å². The van der Waals surface area contributed by atoms with Gasteiger partial charge in [0, 0.05) is 4.83 Å². The summed E-state index contributed by atoms with van der Waals surface area (Å²) in [6.45, 7) is 2.17. The first-order valence-corrected chi connectivity index (χ1v) is 6.63. The highest BCUT2D eigenvalue weighted by atomic mass is 79.9. The summed E-state index contributed by atoms with van der Waals surface area (Å²) in [6.07, 6.45) is 5.43. The van der Waals surface area contributed by atoms with E-state index < -0.39 is 11.6 Å². The number of hydrogen-bond donors (Lipinski definition) is 0. The van der Waals surface area contributed by atoms with Crippen molar-refractivity contribution in [1.29, 1.82) is 0 Å². The Morgan fingerprint density at radius 1 is 1.19 bits per heavy atom. The van der Waals surface area contributed by atoms with E-state index in [9.17, 15) is 8.78 Å². The van der Waals surface area contributed by atoms with Gasteiger partial charge in [0.15, 0.2) is 11.6 Å². The summed E-state index contributed by atoms with van der Waals surface area (Å²) < 4.78 is 25.6. The van der Waals surface area contributed by atoms with Crippen LogP contribution in [0.1, 0.15) is 38.2 Å². The molecule has 0 N–H and O–H groups in total. The Balaban J connectivity index is 2.43. The summed E-state index contributed by atoms with van der Waals surface area (Å²) in [4.78, 5) is 0.351. The Hall–Kier alpha value is -0.440. The number of rotatable bonds is 6. The zero-order chi connectivity index (χ0) is 12.0. The Kier molecular flexibility index (Phi) is 5.96. The van der Waals surface area contributed by atoms with Crippen molar-refractivity contribution >= 4 is 15.9 Å². The van der Waals surface area contributed by atoms with Crippen molar-refractivity contribution in [3.8, 4) is 0 Å². The highest BCUT2D eigenvalue weighted by Gasteiger charge is 2.08. The monoisotopic (exact) mass is 290 g/mol. The molecule has 16 heavy (non-hydrogen) atoms. The van der Waals surface area contributed by atoms with Crippen LogP contribution >= 0.6 is 15.9 Å². The zero-order valence-electron chi connectivity index (χ0n) is 9.48. The van der Waals surface area contributed by atoms with E-state index in [1.54, 1.807) is 6.07 Å². The van der Waals surface area contributed by atoms with E-state index in [4.69, 9.17) is 0 Å². The molecule has 90 valence electrons. The minimum atomic E-state index is -0.777. The van der Waals surface area contributed by atoms with Gasteiger partial charge in [0.05, 0.1) is 0 Å². The molecule has 0 saturated heterocycles. The minimum Gasteiger partial charge on any atom is -0.204 e. The molecule has 1 atom stereocenters. The number of benzene rings is 1. The van der Waals surface area contributed by atoms with Gasteiger partial charge in [0.2, 0.25) is 0 Å². The van der Waals surface area contributed by atoms with E-state index >= 15 is 0 Å². The van der Waals surface area contributed by atoms with E-state index in [0.29, 0.717) is 4.83 Å². The third kappa shape index (κ3) is 4.60. The molecule has 0 radical (unpaired) electrons. The van der Waals surface area contributed by atoms with Crippen molar-refractivity contribution in [2.45, 2.75) is 43.9 Å². The van der Waals surface area contributed by atoms with Crippen molar-refractivity contribution in [2.75, 3.05) is 0 Å². The molecule has 0 fully saturated rings. The van der Waals surface area contributed by atoms with Gasteiger partial charge >= 0.3 is 0 Å². The van der Waals surface area contributed by atoms with Crippen LogP contribution in [-0.2, 0) is 6.42 Å². The fourth-order valence-electron chi connectivity index (χ4n) is 1.64. The van der Waals surface area contributed by atoms with Crippen LogP contribution in [0.15, 0.2) is 18.2 Å². The molecule has 0 aliphatic rings. The second-order valence-electron chi connectivity index (χ2n) is 4.05. The molecule has 0 bridgehead atoms. The van der Waals surface area contributed by atoms with Crippen LogP contribution in [0.5, 0.6) is 0 Å². The molecule has 1 rings (SSSR count). The molecule has 0 heterocycles. The van der Waals surface area contributed by atoms with Crippen molar-refractivity contribution in [3.05, 3.63) is 35.4 Å². The molecular formula is C13H17BrF2. The Labute approximate surface area is 104 Å². The molecule has 0 nitrogen and oxygen atoms in total. The van der Waals surface area contributed by atoms with Crippen molar-refractivity contribution in [1.82, 2.24) is 0 Å². The van der Waals surface area contributed by atoms with Crippen molar-refractivity contribution in [3.63, 3.8) is 0 Å². The molecule has 0 saturated carbocycles. The molecule has 0 aliphatic carbocycles. The highest BCUT2D eigenvalue weighted by molar-refractivity contribution is 9.09. The highest BCUT2D eigenvalue weighted by Crippen LogP contribution is 2.18. The number of alkyl halides is 1. The summed E-state index contributed by atoms with van der Waals surface area (Å²) in [5.74, 6) is -1.54. The first-order valence-electron chi connectivity index (χ1n) is 5.71. The van der Waals surface area contributed by atoms with Gasteiger partial charge in [0.1, 0.15) is 0 Å². The minimum absolute atomic E-state index is 0.351. The molecule has 0 amide bonds. The lowest BCUT2D eigenvalue weighted by molar-refractivity contribution is 0.506. The van der Waals surface area contributed by atoms with Crippen molar-refractivity contribution < 1.29 is 8.78 Å². The Bertz CT molecular complexity index is 326. The summed E-state index contributed by atoms with van der Waals surface area (Å²) in [5, 5.41) is 0. The predicted molar refractivity (Wildman–Crippen MR) is 66.9 cm³/mol. The lowest BCUT2D eigenvalue weighted by Crippen LogP contribution is -2.03. The van der Waals surface area contributed by atoms with Crippen LogP contribution in [0.3, 0.4) is 0 Å². The van der Waals surface area contributed by atoms with E-state index in [1.807, 2.05) is 0 Å². The predicted octanol–water partition coefficient (Wildman–Crippen LogP) is 4.85. The average Bonchev–Trinajstić information content (AvgIpc) is 2.24. The normalized spacial score (nSPS) is 12.8. The first-order chi connectivity index (χ1) is 7.63. The lowest BCUT2D eigenvalue weighted by atomic mass is 10.1. The van der Waals surface area contributed by atoms with E-state index in [0.717, 1.165) is 18.4 Å².